The topological polar surface area (TPSA) is 66.4 Å². The van der Waals surface area contributed by atoms with Crippen LogP contribution in [0.2, 0.25) is 0 Å². The maximum absolute atomic E-state index is 11.8. The van der Waals surface area contributed by atoms with Crippen LogP contribution in [-0.2, 0) is 9.59 Å². The highest BCUT2D eigenvalue weighted by Crippen LogP contribution is 2.30. The van der Waals surface area contributed by atoms with E-state index in [4.69, 9.17) is 5.11 Å². The van der Waals surface area contributed by atoms with Gasteiger partial charge in [-0.05, 0) is 38.0 Å². The lowest BCUT2D eigenvalue weighted by Crippen LogP contribution is -2.36. The highest BCUT2D eigenvalue weighted by Gasteiger charge is 2.31. The molecule has 0 aromatic carbocycles. The lowest BCUT2D eigenvalue weighted by Gasteiger charge is -2.25. The standard InChI is InChI=1S/C12H19NO3/c14-11(13-7-8-4-5-8)9-2-1-3-10(6-9)12(15)16/h8-10H,1-7H2,(H,13,14)(H,15,16). The molecule has 2 atom stereocenters. The Morgan fingerprint density at radius 2 is 1.81 bits per heavy atom. The van der Waals surface area contributed by atoms with Crippen LogP contribution < -0.4 is 5.32 Å². The van der Waals surface area contributed by atoms with Gasteiger partial charge in [-0.3, -0.25) is 9.59 Å². The lowest BCUT2D eigenvalue weighted by molar-refractivity contribution is -0.144. The quantitative estimate of drug-likeness (QED) is 0.760. The normalized spacial score (nSPS) is 29.8. The number of hydrogen-bond acceptors (Lipinski definition) is 2. The first kappa shape index (κ1) is 11.4. The van der Waals surface area contributed by atoms with Gasteiger partial charge < -0.3 is 10.4 Å². The average molecular weight is 225 g/mol. The smallest absolute Gasteiger partial charge is 0.306 e. The van der Waals surface area contributed by atoms with Gasteiger partial charge in [-0.15, -0.1) is 0 Å². The van der Waals surface area contributed by atoms with Crippen molar-refractivity contribution in [3.8, 4) is 0 Å². The van der Waals surface area contributed by atoms with E-state index in [0.29, 0.717) is 12.3 Å². The van der Waals surface area contributed by atoms with Crippen molar-refractivity contribution < 1.29 is 14.7 Å². The van der Waals surface area contributed by atoms with Crippen molar-refractivity contribution in [2.24, 2.45) is 17.8 Å². The fourth-order valence-corrected chi connectivity index (χ4v) is 2.36. The van der Waals surface area contributed by atoms with Gasteiger partial charge in [0.25, 0.3) is 0 Å². The zero-order chi connectivity index (χ0) is 11.5. The SMILES string of the molecule is O=C(O)C1CCCC(C(=O)NCC2CC2)C1. The molecular formula is C12H19NO3. The molecule has 0 aromatic heterocycles. The van der Waals surface area contributed by atoms with Crippen molar-refractivity contribution in [1.82, 2.24) is 5.32 Å². The summed E-state index contributed by atoms with van der Waals surface area (Å²) < 4.78 is 0. The summed E-state index contributed by atoms with van der Waals surface area (Å²) >= 11 is 0. The van der Waals surface area contributed by atoms with Crippen LogP contribution in [0, 0.1) is 17.8 Å². The second-order valence-electron chi connectivity index (χ2n) is 5.09. The van der Waals surface area contributed by atoms with Gasteiger partial charge in [0.05, 0.1) is 5.92 Å². The molecule has 2 unspecified atom stereocenters. The third kappa shape index (κ3) is 2.97. The Balaban J connectivity index is 1.78. The molecule has 0 radical (unpaired) electrons. The molecule has 0 bridgehead atoms. The number of amides is 1. The van der Waals surface area contributed by atoms with E-state index in [0.717, 1.165) is 25.8 Å². The molecule has 4 nitrogen and oxygen atoms in total. The van der Waals surface area contributed by atoms with Crippen molar-refractivity contribution in [1.29, 1.82) is 0 Å². The van der Waals surface area contributed by atoms with Gasteiger partial charge in [0.15, 0.2) is 0 Å². The summed E-state index contributed by atoms with van der Waals surface area (Å²) in [5.74, 6) is -0.389. The van der Waals surface area contributed by atoms with Crippen LogP contribution in [0.25, 0.3) is 0 Å². The first-order valence-corrected chi connectivity index (χ1v) is 6.17. The van der Waals surface area contributed by atoms with E-state index < -0.39 is 5.97 Å². The molecule has 2 aliphatic rings. The number of carboxylic acids is 1. The van der Waals surface area contributed by atoms with E-state index >= 15 is 0 Å². The summed E-state index contributed by atoms with van der Waals surface area (Å²) in [5, 5.41) is 11.9. The number of carbonyl (C=O) groups excluding carboxylic acids is 1. The molecule has 16 heavy (non-hydrogen) atoms. The van der Waals surface area contributed by atoms with E-state index in [-0.39, 0.29) is 17.7 Å². The average Bonchev–Trinajstić information content (AvgIpc) is 3.10. The zero-order valence-electron chi connectivity index (χ0n) is 9.45. The van der Waals surface area contributed by atoms with E-state index in [9.17, 15) is 9.59 Å². The van der Waals surface area contributed by atoms with Gasteiger partial charge in [0.2, 0.25) is 5.91 Å². The van der Waals surface area contributed by atoms with Gasteiger partial charge in [-0.25, -0.2) is 0 Å². The fraction of sp³-hybridized carbons (Fsp3) is 0.833. The Kier molecular flexibility index (Phi) is 3.46. The van der Waals surface area contributed by atoms with Crippen LogP contribution in [0.3, 0.4) is 0 Å². The lowest BCUT2D eigenvalue weighted by atomic mass is 9.81. The number of carboxylic acid groups (broad SMARTS) is 1. The third-order valence-electron chi connectivity index (χ3n) is 3.66. The largest absolute Gasteiger partial charge is 0.481 e. The monoisotopic (exact) mass is 225 g/mol. The van der Waals surface area contributed by atoms with Crippen molar-refractivity contribution >= 4 is 11.9 Å². The second-order valence-corrected chi connectivity index (χ2v) is 5.09. The molecule has 0 spiro atoms. The van der Waals surface area contributed by atoms with E-state index in [1.165, 1.54) is 12.8 Å². The van der Waals surface area contributed by atoms with Crippen molar-refractivity contribution in [2.75, 3.05) is 6.54 Å². The predicted molar refractivity (Wildman–Crippen MR) is 58.8 cm³/mol. The minimum absolute atomic E-state index is 0.0675. The number of carbonyl (C=O) groups is 2. The van der Waals surface area contributed by atoms with Gasteiger partial charge in [0.1, 0.15) is 0 Å². The highest BCUT2D eigenvalue weighted by molar-refractivity contribution is 5.80. The molecular weight excluding hydrogens is 206 g/mol. The molecule has 0 aromatic rings. The Labute approximate surface area is 95.4 Å². The van der Waals surface area contributed by atoms with Crippen LogP contribution in [0.1, 0.15) is 38.5 Å². The molecule has 0 heterocycles. The van der Waals surface area contributed by atoms with E-state index in [1.54, 1.807) is 0 Å². The molecule has 1 amide bonds. The number of rotatable bonds is 4. The number of aliphatic carboxylic acids is 1. The molecule has 90 valence electrons. The Morgan fingerprint density at radius 1 is 1.12 bits per heavy atom. The highest BCUT2D eigenvalue weighted by atomic mass is 16.4. The summed E-state index contributed by atoms with van der Waals surface area (Å²) in [6.07, 6.45) is 5.40. The Hall–Kier alpha value is -1.06. The molecule has 0 saturated heterocycles. The third-order valence-corrected chi connectivity index (χ3v) is 3.66. The van der Waals surface area contributed by atoms with Crippen molar-refractivity contribution in [3.05, 3.63) is 0 Å². The van der Waals surface area contributed by atoms with E-state index in [2.05, 4.69) is 5.32 Å². The summed E-state index contributed by atoms with van der Waals surface area (Å²) in [6, 6.07) is 0. The molecule has 2 aliphatic carbocycles. The molecule has 4 heteroatoms. The van der Waals surface area contributed by atoms with Gasteiger partial charge in [0, 0.05) is 12.5 Å². The molecule has 2 N–H and O–H groups in total. The van der Waals surface area contributed by atoms with Crippen molar-refractivity contribution in [3.63, 3.8) is 0 Å². The van der Waals surface area contributed by atoms with E-state index in [1.807, 2.05) is 0 Å². The summed E-state index contributed by atoms with van der Waals surface area (Å²) in [4.78, 5) is 22.7. The first-order valence-electron chi connectivity index (χ1n) is 6.17. The first-order chi connectivity index (χ1) is 7.66. The number of hydrogen-bond donors (Lipinski definition) is 2. The van der Waals surface area contributed by atoms with Crippen LogP contribution in [0.4, 0.5) is 0 Å². The molecule has 2 fully saturated rings. The minimum Gasteiger partial charge on any atom is -0.481 e. The molecule has 0 aliphatic heterocycles. The van der Waals surface area contributed by atoms with Crippen LogP contribution >= 0.6 is 0 Å². The summed E-state index contributed by atoms with van der Waals surface area (Å²) in [7, 11) is 0. The van der Waals surface area contributed by atoms with Crippen LogP contribution in [0.15, 0.2) is 0 Å². The Morgan fingerprint density at radius 3 is 2.44 bits per heavy atom. The van der Waals surface area contributed by atoms with Gasteiger partial charge in [-0.1, -0.05) is 6.42 Å². The predicted octanol–water partition coefficient (Wildman–Crippen LogP) is 1.40. The van der Waals surface area contributed by atoms with Gasteiger partial charge >= 0.3 is 5.97 Å². The summed E-state index contributed by atoms with van der Waals surface area (Å²) in [5.41, 5.74) is 0. The molecule has 2 saturated carbocycles. The maximum Gasteiger partial charge on any atom is 0.306 e. The number of nitrogens with one attached hydrogen (secondary N) is 1. The Bertz CT molecular complexity index is 286. The van der Waals surface area contributed by atoms with Crippen LogP contribution in [0.5, 0.6) is 0 Å². The second kappa shape index (κ2) is 4.85. The fourth-order valence-electron chi connectivity index (χ4n) is 2.36. The zero-order valence-corrected chi connectivity index (χ0v) is 9.45. The summed E-state index contributed by atoms with van der Waals surface area (Å²) in [6.45, 7) is 0.785. The molecule has 2 rings (SSSR count). The van der Waals surface area contributed by atoms with Crippen LogP contribution in [-0.4, -0.2) is 23.5 Å². The van der Waals surface area contributed by atoms with Gasteiger partial charge in [-0.2, -0.15) is 0 Å². The minimum atomic E-state index is -0.750. The maximum atomic E-state index is 11.8. The van der Waals surface area contributed by atoms with Crippen molar-refractivity contribution in [2.45, 2.75) is 38.5 Å².